The Bertz CT molecular complexity index is 925. The second kappa shape index (κ2) is 9.50. The highest BCUT2D eigenvalue weighted by atomic mass is 16.5. The fraction of sp³-hybridized carbons (Fsp3) is 0.300. The lowest BCUT2D eigenvalue weighted by Gasteiger charge is -2.09. The van der Waals surface area contributed by atoms with Gasteiger partial charge in [-0.25, -0.2) is 4.68 Å². The minimum Gasteiger partial charge on any atom is -0.497 e. The molecule has 0 atom stereocenters. The number of tetrazole rings is 1. The molecule has 3 rings (SSSR count). The molecule has 0 aliphatic rings. The molecule has 2 aromatic carbocycles. The van der Waals surface area contributed by atoms with E-state index >= 15 is 0 Å². The van der Waals surface area contributed by atoms with Gasteiger partial charge in [-0.05, 0) is 59.7 Å². The highest BCUT2D eigenvalue weighted by molar-refractivity contribution is 5.94. The molecular formula is C20H23N5O3. The summed E-state index contributed by atoms with van der Waals surface area (Å²) < 4.78 is 12.6. The maximum atomic E-state index is 12.4. The van der Waals surface area contributed by atoms with Crippen molar-refractivity contribution in [3.05, 3.63) is 65.5 Å². The van der Waals surface area contributed by atoms with Crippen LogP contribution in [-0.4, -0.2) is 39.8 Å². The summed E-state index contributed by atoms with van der Waals surface area (Å²) in [6.45, 7) is 3.39. The van der Waals surface area contributed by atoms with Crippen LogP contribution in [0.25, 0.3) is 0 Å². The molecule has 28 heavy (non-hydrogen) atoms. The smallest absolute Gasteiger partial charge is 0.251 e. The van der Waals surface area contributed by atoms with Gasteiger partial charge in [-0.3, -0.25) is 4.79 Å². The Hall–Kier alpha value is -3.42. The molecule has 0 bridgehead atoms. The minimum absolute atomic E-state index is 0.147. The van der Waals surface area contributed by atoms with Crippen LogP contribution in [0.2, 0.25) is 0 Å². The summed E-state index contributed by atoms with van der Waals surface area (Å²) >= 11 is 0. The molecule has 0 aliphatic carbocycles. The first-order valence-electron chi connectivity index (χ1n) is 9.08. The molecule has 8 heteroatoms. The molecule has 0 fully saturated rings. The summed E-state index contributed by atoms with van der Waals surface area (Å²) in [6.07, 6.45) is 0.721. The predicted octanol–water partition coefficient (Wildman–Crippen LogP) is 2.25. The summed E-state index contributed by atoms with van der Waals surface area (Å²) in [5.74, 6) is 1.89. The third-order valence-electron chi connectivity index (χ3n) is 4.20. The van der Waals surface area contributed by atoms with E-state index in [9.17, 15) is 4.79 Å². The number of nitrogens with zero attached hydrogens (tertiary/aromatic N) is 4. The quantitative estimate of drug-likeness (QED) is 0.611. The summed E-state index contributed by atoms with van der Waals surface area (Å²) in [4.78, 5) is 12.4. The van der Waals surface area contributed by atoms with Gasteiger partial charge in [0.05, 0.1) is 7.11 Å². The number of hydrogen-bond acceptors (Lipinski definition) is 6. The normalized spacial score (nSPS) is 10.5. The van der Waals surface area contributed by atoms with Crippen LogP contribution in [0, 0.1) is 0 Å². The Morgan fingerprint density at radius 3 is 2.79 bits per heavy atom. The third kappa shape index (κ3) is 5.06. The zero-order valence-electron chi connectivity index (χ0n) is 16.0. The molecule has 8 nitrogen and oxygen atoms in total. The standard InChI is InChI=1S/C20H23N5O3/c1-3-25-19(22-23-24-25)14-28-18-9-5-7-16(13-18)20(26)21-11-10-15-6-4-8-17(12-15)27-2/h4-9,12-13H,3,10-11,14H2,1-2H3,(H,21,26). The van der Waals surface area contributed by atoms with Gasteiger partial charge in [-0.15, -0.1) is 5.10 Å². The molecule has 0 radical (unpaired) electrons. The van der Waals surface area contributed by atoms with E-state index in [1.165, 1.54) is 0 Å². The Balaban J connectivity index is 1.53. The van der Waals surface area contributed by atoms with Crippen LogP contribution in [0.15, 0.2) is 48.5 Å². The molecule has 1 aromatic heterocycles. The molecule has 1 N–H and O–H groups in total. The summed E-state index contributed by atoms with van der Waals surface area (Å²) in [7, 11) is 1.64. The number of carbonyl (C=O) groups is 1. The van der Waals surface area contributed by atoms with E-state index in [1.54, 1.807) is 36.1 Å². The lowest BCUT2D eigenvalue weighted by atomic mass is 10.1. The van der Waals surface area contributed by atoms with Crippen molar-refractivity contribution in [3.63, 3.8) is 0 Å². The number of ether oxygens (including phenoxy) is 2. The molecular weight excluding hydrogens is 358 g/mol. The van der Waals surface area contributed by atoms with Crippen LogP contribution in [-0.2, 0) is 19.6 Å². The highest BCUT2D eigenvalue weighted by Crippen LogP contribution is 2.15. The topological polar surface area (TPSA) is 91.2 Å². The van der Waals surface area contributed by atoms with Gasteiger partial charge < -0.3 is 14.8 Å². The first-order valence-corrected chi connectivity index (χ1v) is 9.08. The van der Waals surface area contributed by atoms with E-state index in [0.717, 1.165) is 17.7 Å². The largest absolute Gasteiger partial charge is 0.497 e. The first kappa shape index (κ1) is 19.3. The highest BCUT2D eigenvalue weighted by Gasteiger charge is 2.09. The summed E-state index contributed by atoms with van der Waals surface area (Å²) in [6, 6.07) is 14.9. The van der Waals surface area contributed by atoms with Crippen molar-refractivity contribution in [2.75, 3.05) is 13.7 Å². The van der Waals surface area contributed by atoms with E-state index in [1.807, 2.05) is 31.2 Å². The number of nitrogens with one attached hydrogen (secondary N) is 1. The van der Waals surface area contributed by atoms with Crippen LogP contribution in [0.1, 0.15) is 28.7 Å². The van der Waals surface area contributed by atoms with Crippen molar-refractivity contribution < 1.29 is 14.3 Å². The number of hydrogen-bond donors (Lipinski definition) is 1. The maximum absolute atomic E-state index is 12.4. The lowest BCUT2D eigenvalue weighted by Crippen LogP contribution is -2.25. The van der Waals surface area contributed by atoms with E-state index in [-0.39, 0.29) is 12.5 Å². The number of methoxy groups -OCH3 is 1. The second-order valence-corrected chi connectivity index (χ2v) is 6.08. The molecule has 0 unspecified atom stereocenters. The lowest BCUT2D eigenvalue weighted by molar-refractivity contribution is 0.0953. The van der Waals surface area contributed by atoms with Gasteiger partial charge in [0, 0.05) is 18.7 Å². The Morgan fingerprint density at radius 1 is 1.14 bits per heavy atom. The number of benzene rings is 2. The van der Waals surface area contributed by atoms with Crippen molar-refractivity contribution in [2.24, 2.45) is 0 Å². The van der Waals surface area contributed by atoms with Gasteiger partial charge in [0.1, 0.15) is 18.1 Å². The SMILES string of the molecule is CCn1nnnc1COc1cccc(C(=O)NCCc2cccc(OC)c2)c1. The van der Waals surface area contributed by atoms with Crippen LogP contribution < -0.4 is 14.8 Å². The predicted molar refractivity (Wildman–Crippen MR) is 103 cm³/mol. The third-order valence-corrected chi connectivity index (χ3v) is 4.20. The van der Waals surface area contributed by atoms with Gasteiger partial charge in [0.15, 0.2) is 5.82 Å². The zero-order chi connectivity index (χ0) is 19.8. The van der Waals surface area contributed by atoms with Crippen molar-refractivity contribution in [1.82, 2.24) is 25.5 Å². The summed E-state index contributed by atoms with van der Waals surface area (Å²) in [5.41, 5.74) is 1.64. The van der Waals surface area contributed by atoms with E-state index in [0.29, 0.717) is 30.2 Å². The maximum Gasteiger partial charge on any atom is 0.251 e. The first-order chi connectivity index (χ1) is 13.7. The van der Waals surface area contributed by atoms with Crippen LogP contribution in [0.3, 0.4) is 0 Å². The minimum atomic E-state index is -0.147. The molecule has 0 saturated carbocycles. The Kier molecular flexibility index (Phi) is 6.56. The second-order valence-electron chi connectivity index (χ2n) is 6.08. The van der Waals surface area contributed by atoms with E-state index in [2.05, 4.69) is 20.8 Å². The molecule has 146 valence electrons. The molecule has 3 aromatic rings. The molecule has 0 spiro atoms. The van der Waals surface area contributed by atoms with Crippen LogP contribution in [0.5, 0.6) is 11.5 Å². The van der Waals surface area contributed by atoms with Crippen molar-refractivity contribution >= 4 is 5.91 Å². The van der Waals surface area contributed by atoms with E-state index < -0.39 is 0 Å². The summed E-state index contributed by atoms with van der Waals surface area (Å²) in [5, 5.41) is 14.4. The molecule has 0 saturated heterocycles. The van der Waals surface area contributed by atoms with Crippen LogP contribution in [0.4, 0.5) is 0 Å². The Morgan fingerprint density at radius 2 is 1.96 bits per heavy atom. The number of rotatable bonds is 9. The molecule has 1 heterocycles. The van der Waals surface area contributed by atoms with Crippen molar-refractivity contribution in [1.29, 1.82) is 0 Å². The Labute approximate surface area is 163 Å². The van der Waals surface area contributed by atoms with Crippen molar-refractivity contribution in [3.8, 4) is 11.5 Å². The van der Waals surface area contributed by atoms with E-state index in [4.69, 9.17) is 9.47 Å². The monoisotopic (exact) mass is 381 g/mol. The average molecular weight is 381 g/mol. The van der Waals surface area contributed by atoms with Crippen LogP contribution >= 0.6 is 0 Å². The number of carbonyl (C=O) groups excluding carboxylic acids is 1. The molecule has 1 amide bonds. The average Bonchev–Trinajstić information content (AvgIpc) is 3.20. The number of amides is 1. The van der Waals surface area contributed by atoms with Gasteiger partial charge in [0.2, 0.25) is 0 Å². The van der Waals surface area contributed by atoms with Gasteiger partial charge in [-0.1, -0.05) is 18.2 Å². The fourth-order valence-electron chi connectivity index (χ4n) is 2.70. The molecule has 0 aliphatic heterocycles. The van der Waals surface area contributed by atoms with Crippen molar-refractivity contribution in [2.45, 2.75) is 26.5 Å². The number of aromatic nitrogens is 4. The van der Waals surface area contributed by atoms with Gasteiger partial charge in [-0.2, -0.15) is 0 Å². The van der Waals surface area contributed by atoms with Gasteiger partial charge in [0.25, 0.3) is 5.91 Å². The number of aryl methyl sites for hydroxylation is 1. The fourth-order valence-corrected chi connectivity index (χ4v) is 2.70. The van der Waals surface area contributed by atoms with Gasteiger partial charge >= 0.3 is 0 Å². The zero-order valence-corrected chi connectivity index (χ0v) is 16.0.